The second kappa shape index (κ2) is 4.57. The molecule has 2 rings (SSSR count). The minimum Gasteiger partial charge on any atom is -0.481 e. The third kappa shape index (κ3) is 2.18. The van der Waals surface area contributed by atoms with Crippen LogP contribution in [0.15, 0.2) is 39.4 Å². The zero-order valence-corrected chi connectivity index (χ0v) is 11.6. The highest BCUT2D eigenvalue weighted by atomic mass is 79.9. The Morgan fingerprint density at radius 1 is 1.39 bits per heavy atom. The zero-order chi connectivity index (χ0) is 13.3. The molecule has 0 aliphatic carbocycles. The fraction of sp³-hybridized carbons (Fsp3) is 0.231. The van der Waals surface area contributed by atoms with Gasteiger partial charge in [0.25, 0.3) is 0 Å². The first-order valence-corrected chi connectivity index (χ1v) is 6.16. The molecule has 94 valence electrons. The van der Waals surface area contributed by atoms with Crippen LogP contribution in [0.2, 0.25) is 0 Å². The molecule has 18 heavy (non-hydrogen) atoms. The van der Waals surface area contributed by atoms with Gasteiger partial charge in [-0.2, -0.15) is 0 Å². The Kier molecular flexibility index (Phi) is 3.26. The van der Waals surface area contributed by atoms with Gasteiger partial charge in [0, 0.05) is 4.47 Å². The van der Waals surface area contributed by atoms with E-state index in [2.05, 4.69) is 20.9 Å². The number of oxazole rings is 1. The first-order chi connectivity index (χ1) is 8.43. The number of nitrogens with zero attached hydrogens (tertiary/aromatic N) is 1. The van der Waals surface area contributed by atoms with Gasteiger partial charge in [0.15, 0.2) is 0 Å². The van der Waals surface area contributed by atoms with Crippen molar-refractivity contribution in [2.24, 2.45) is 0 Å². The van der Waals surface area contributed by atoms with Crippen molar-refractivity contribution in [1.29, 1.82) is 0 Å². The summed E-state index contributed by atoms with van der Waals surface area (Å²) in [6.07, 6.45) is 1.39. The third-order valence-corrected chi connectivity index (χ3v) is 3.47. The van der Waals surface area contributed by atoms with Gasteiger partial charge >= 0.3 is 5.97 Å². The number of carboxylic acid groups (broad SMARTS) is 1. The predicted octanol–water partition coefficient (Wildman–Crippen LogP) is 3.47. The van der Waals surface area contributed by atoms with Gasteiger partial charge in [0.1, 0.15) is 11.7 Å². The van der Waals surface area contributed by atoms with Crippen LogP contribution in [0.1, 0.15) is 19.5 Å². The van der Waals surface area contributed by atoms with Crippen LogP contribution in [0.4, 0.5) is 0 Å². The molecule has 0 unspecified atom stereocenters. The normalized spacial score (nSPS) is 11.5. The SMILES string of the molecule is CC(C)(C(=O)O)c1coc(-c2ccccc2Br)n1. The number of aliphatic carboxylic acids is 1. The molecule has 1 heterocycles. The standard InChI is InChI=1S/C13H12BrNO3/c1-13(2,12(16)17)10-7-18-11(15-10)8-5-3-4-6-9(8)14/h3-7H,1-2H3,(H,16,17). The Morgan fingerprint density at radius 3 is 2.67 bits per heavy atom. The summed E-state index contributed by atoms with van der Waals surface area (Å²) < 4.78 is 6.22. The van der Waals surface area contributed by atoms with Crippen LogP contribution < -0.4 is 0 Å². The highest BCUT2D eigenvalue weighted by molar-refractivity contribution is 9.10. The van der Waals surface area contributed by atoms with E-state index in [-0.39, 0.29) is 0 Å². The van der Waals surface area contributed by atoms with Gasteiger partial charge in [-0.25, -0.2) is 4.98 Å². The number of carbonyl (C=O) groups is 1. The van der Waals surface area contributed by atoms with Gasteiger partial charge in [-0.1, -0.05) is 12.1 Å². The van der Waals surface area contributed by atoms with Crippen LogP contribution in [0.5, 0.6) is 0 Å². The van der Waals surface area contributed by atoms with E-state index in [4.69, 9.17) is 9.52 Å². The van der Waals surface area contributed by atoms with Crippen LogP contribution in [0.25, 0.3) is 11.5 Å². The van der Waals surface area contributed by atoms with E-state index in [1.54, 1.807) is 13.8 Å². The molecule has 0 saturated carbocycles. The van der Waals surface area contributed by atoms with Crippen molar-refractivity contribution in [2.45, 2.75) is 19.3 Å². The average Bonchev–Trinajstić information content (AvgIpc) is 2.79. The summed E-state index contributed by atoms with van der Waals surface area (Å²) in [4.78, 5) is 15.4. The second-order valence-corrected chi connectivity index (χ2v) is 5.30. The summed E-state index contributed by atoms with van der Waals surface area (Å²) in [5, 5.41) is 9.14. The molecule has 0 bridgehead atoms. The first-order valence-electron chi connectivity index (χ1n) is 5.37. The quantitative estimate of drug-likeness (QED) is 0.943. The molecule has 0 saturated heterocycles. The van der Waals surface area contributed by atoms with E-state index in [0.717, 1.165) is 10.0 Å². The second-order valence-electron chi connectivity index (χ2n) is 4.45. The molecule has 2 aromatic rings. The maximum Gasteiger partial charge on any atom is 0.315 e. The van der Waals surface area contributed by atoms with Crippen LogP contribution in [0, 0.1) is 0 Å². The lowest BCUT2D eigenvalue weighted by atomic mass is 9.90. The predicted molar refractivity (Wildman–Crippen MR) is 70.3 cm³/mol. The molecule has 1 N–H and O–H groups in total. The Balaban J connectivity index is 2.44. The molecule has 5 heteroatoms. The fourth-order valence-corrected chi connectivity index (χ4v) is 1.88. The number of rotatable bonds is 3. The number of aromatic nitrogens is 1. The Hall–Kier alpha value is -1.62. The largest absolute Gasteiger partial charge is 0.481 e. The fourth-order valence-electron chi connectivity index (χ4n) is 1.43. The van der Waals surface area contributed by atoms with Crippen molar-refractivity contribution < 1.29 is 14.3 Å². The number of carboxylic acids is 1. The molecule has 0 amide bonds. The van der Waals surface area contributed by atoms with Crippen LogP contribution >= 0.6 is 15.9 Å². The highest BCUT2D eigenvalue weighted by Crippen LogP contribution is 2.30. The van der Waals surface area contributed by atoms with Gasteiger partial charge in [-0.3, -0.25) is 4.79 Å². The molecule has 4 nitrogen and oxygen atoms in total. The van der Waals surface area contributed by atoms with E-state index in [1.807, 2.05) is 24.3 Å². The highest BCUT2D eigenvalue weighted by Gasteiger charge is 2.33. The van der Waals surface area contributed by atoms with Crippen molar-refractivity contribution in [3.8, 4) is 11.5 Å². The number of halogens is 1. The Bertz CT molecular complexity index is 589. The molecular formula is C13H12BrNO3. The zero-order valence-electron chi connectivity index (χ0n) is 9.98. The van der Waals surface area contributed by atoms with Crippen molar-refractivity contribution in [3.05, 3.63) is 40.7 Å². The van der Waals surface area contributed by atoms with Crippen LogP contribution in [0.3, 0.4) is 0 Å². The Morgan fingerprint density at radius 2 is 2.06 bits per heavy atom. The minimum atomic E-state index is -1.07. The number of benzene rings is 1. The van der Waals surface area contributed by atoms with Crippen molar-refractivity contribution in [1.82, 2.24) is 4.98 Å². The van der Waals surface area contributed by atoms with Gasteiger partial charge in [0.05, 0.1) is 11.3 Å². The summed E-state index contributed by atoms with van der Waals surface area (Å²) in [5.41, 5.74) is 0.133. The third-order valence-electron chi connectivity index (χ3n) is 2.78. The lowest BCUT2D eigenvalue weighted by Gasteiger charge is -2.14. The Labute approximate surface area is 113 Å². The maximum absolute atomic E-state index is 11.1. The molecule has 1 aromatic carbocycles. The van der Waals surface area contributed by atoms with E-state index in [9.17, 15) is 4.79 Å². The summed E-state index contributed by atoms with van der Waals surface area (Å²) >= 11 is 3.41. The molecule has 0 atom stereocenters. The van der Waals surface area contributed by atoms with Gasteiger partial charge in [-0.15, -0.1) is 0 Å². The van der Waals surface area contributed by atoms with E-state index < -0.39 is 11.4 Å². The molecule has 0 fully saturated rings. The molecule has 0 aliphatic heterocycles. The van der Waals surface area contributed by atoms with Crippen LogP contribution in [-0.4, -0.2) is 16.1 Å². The first kappa shape index (κ1) is 12.8. The lowest BCUT2D eigenvalue weighted by Crippen LogP contribution is -2.28. The molecular weight excluding hydrogens is 298 g/mol. The summed E-state index contributed by atoms with van der Waals surface area (Å²) in [7, 11) is 0. The van der Waals surface area contributed by atoms with Gasteiger partial charge in [-0.05, 0) is 41.9 Å². The van der Waals surface area contributed by atoms with E-state index in [1.165, 1.54) is 6.26 Å². The molecule has 0 spiro atoms. The topological polar surface area (TPSA) is 63.3 Å². The monoisotopic (exact) mass is 309 g/mol. The van der Waals surface area contributed by atoms with Crippen molar-refractivity contribution >= 4 is 21.9 Å². The van der Waals surface area contributed by atoms with Gasteiger partial charge in [0.2, 0.25) is 5.89 Å². The minimum absolute atomic E-state index is 0.403. The van der Waals surface area contributed by atoms with Crippen molar-refractivity contribution in [3.63, 3.8) is 0 Å². The van der Waals surface area contributed by atoms with E-state index in [0.29, 0.717) is 11.6 Å². The number of hydrogen-bond acceptors (Lipinski definition) is 3. The lowest BCUT2D eigenvalue weighted by molar-refractivity contribution is -0.142. The summed E-state index contributed by atoms with van der Waals surface area (Å²) in [6, 6.07) is 7.49. The number of hydrogen-bond donors (Lipinski definition) is 1. The molecule has 0 aliphatic rings. The maximum atomic E-state index is 11.1. The molecule has 1 aromatic heterocycles. The van der Waals surface area contributed by atoms with Crippen molar-refractivity contribution in [2.75, 3.05) is 0 Å². The molecule has 0 radical (unpaired) electrons. The van der Waals surface area contributed by atoms with E-state index >= 15 is 0 Å². The van der Waals surface area contributed by atoms with Gasteiger partial charge < -0.3 is 9.52 Å². The van der Waals surface area contributed by atoms with Crippen LogP contribution in [-0.2, 0) is 10.2 Å². The summed E-state index contributed by atoms with van der Waals surface area (Å²) in [5.74, 6) is -0.527. The summed E-state index contributed by atoms with van der Waals surface area (Å²) in [6.45, 7) is 3.19. The average molecular weight is 310 g/mol. The smallest absolute Gasteiger partial charge is 0.315 e.